The minimum absolute atomic E-state index is 0. The van der Waals surface area contributed by atoms with E-state index in [0.717, 1.165) is 11.4 Å². The lowest BCUT2D eigenvalue weighted by atomic mass is 10.0. The van der Waals surface area contributed by atoms with E-state index in [0.29, 0.717) is 23.7 Å². The Balaban J connectivity index is -0.000000146. The zero-order chi connectivity index (χ0) is 34.8. The predicted molar refractivity (Wildman–Crippen MR) is 205 cm³/mol. The van der Waals surface area contributed by atoms with E-state index in [9.17, 15) is 0 Å². The van der Waals surface area contributed by atoms with Crippen molar-refractivity contribution in [2.24, 2.45) is 0 Å². The van der Waals surface area contributed by atoms with Gasteiger partial charge in [0.15, 0.2) is 0 Å². The number of hydrogen-bond acceptors (Lipinski definition) is 4. The van der Waals surface area contributed by atoms with E-state index in [4.69, 9.17) is 0 Å². The second-order valence-electron chi connectivity index (χ2n) is 9.70. The van der Waals surface area contributed by atoms with Crippen LogP contribution in [0.1, 0.15) is 164 Å². The zero-order valence-corrected chi connectivity index (χ0v) is 31.3. The molecule has 1 aromatic carbocycles. The van der Waals surface area contributed by atoms with Crippen LogP contribution in [0.15, 0.2) is 97.8 Å². The average molecular weight is 621 g/mol. The van der Waals surface area contributed by atoms with E-state index >= 15 is 0 Å². The molecule has 0 aliphatic heterocycles. The van der Waals surface area contributed by atoms with Crippen LogP contribution < -0.4 is 0 Å². The van der Waals surface area contributed by atoms with Gasteiger partial charge in [0.05, 0.1) is 0 Å². The molecule has 0 radical (unpaired) electrons. The molecule has 3 heterocycles. The van der Waals surface area contributed by atoms with E-state index in [1.165, 1.54) is 11.1 Å². The van der Waals surface area contributed by atoms with Crippen LogP contribution in [0.3, 0.4) is 0 Å². The van der Waals surface area contributed by atoms with E-state index < -0.39 is 0 Å². The van der Waals surface area contributed by atoms with Gasteiger partial charge in [0.2, 0.25) is 0 Å². The lowest BCUT2D eigenvalue weighted by Crippen LogP contribution is -1.90. The third kappa shape index (κ3) is 30.4. The Labute approximate surface area is 281 Å². The monoisotopic (exact) mass is 621 g/mol. The Morgan fingerprint density at radius 1 is 0.378 bits per heavy atom. The number of rotatable bonds is 4. The number of nitrogens with zero attached hydrogens (tertiary/aromatic N) is 4. The summed E-state index contributed by atoms with van der Waals surface area (Å²) in [6.07, 6.45) is 8.83. The average Bonchev–Trinajstić information content (AvgIpc) is 3.11. The molecule has 0 saturated carbocycles. The minimum atomic E-state index is 0. The fourth-order valence-electron chi connectivity index (χ4n) is 2.95. The summed E-state index contributed by atoms with van der Waals surface area (Å²) in [7, 11) is 0. The molecular weight excluding hydrogens is 548 g/mol. The molecule has 0 N–H and O–H groups in total. The summed E-state index contributed by atoms with van der Waals surface area (Å²) < 4.78 is 0. The molecule has 0 aliphatic carbocycles. The second kappa shape index (κ2) is 38.6. The Hall–Kier alpha value is -3.40. The highest BCUT2D eigenvalue weighted by molar-refractivity contribution is 5.17. The molecule has 4 rings (SSSR count). The highest BCUT2D eigenvalue weighted by Crippen LogP contribution is 2.12. The summed E-state index contributed by atoms with van der Waals surface area (Å²) in [5.41, 5.74) is 5.03. The first-order valence-corrected chi connectivity index (χ1v) is 16.8. The van der Waals surface area contributed by atoms with Gasteiger partial charge in [-0.2, -0.15) is 0 Å². The van der Waals surface area contributed by atoms with E-state index in [1.54, 1.807) is 12.5 Å². The topological polar surface area (TPSA) is 51.6 Å². The minimum Gasteiger partial charge on any atom is -0.265 e. The van der Waals surface area contributed by atoms with Crippen molar-refractivity contribution in [3.63, 3.8) is 0 Å². The largest absolute Gasteiger partial charge is 0.265 e. The van der Waals surface area contributed by atoms with E-state index in [2.05, 4.69) is 99.6 Å². The van der Waals surface area contributed by atoms with Gasteiger partial charge >= 0.3 is 0 Å². The second-order valence-corrected chi connectivity index (χ2v) is 9.70. The highest BCUT2D eigenvalue weighted by atomic mass is 14.8. The third-order valence-corrected chi connectivity index (χ3v) is 5.31. The van der Waals surface area contributed by atoms with Crippen molar-refractivity contribution >= 4 is 0 Å². The van der Waals surface area contributed by atoms with Crippen molar-refractivity contribution in [2.75, 3.05) is 0 Å². The van der Waals surface area contributed by atoms with Gasteiger partial charge in [-0.25, -0.2) is 9.97 Å². The molecule has 4 nitrogen and oxygen atoms in total. The van der Waals surface area contributed by atoms with Gasteiger partial charge in [0.25, 0.3) is 0 Å². The van der Waals surface area contributed by atoms with Crippen LogP contribution in [-0.4, -0.2) is 19.9 Å². The van der Waals surface area contributed by atoms with Crippen molar-refractivity contribution in [2.45, 2.75) is 142 Å². The Morgan fingerprint density at radius 2 is 0.778 bits per heavy atom. The molecule has 0 spiro atoms. The number of benzene rings is 1. The molecule has 3 aromatic heterocycles. The van der Waals surface area contributed by atoms with E-state index in [-0.39, 0.29) is 7.43 Å². The molecule has 256 valence electrons. The van der Waals surface area contributed by atoms with Crippen molar-refractivity contribution in [1.82, 2.24) is 19.9 Å². The van der Waals surface area contributed by atoms with Gasteiger partial charge in [0, 0.05) is 36.2 Å². The third-order valence-electron chi connectivity index (χ3n) is 5.31. The number of aromatic nitrogens is 4. The fourth-order valence-corrected chi connectivity index (χ4v) is 2.95. The fraction of sp³-hybridized carbons (Fsp3) is 0.512. The summed E-state index contributed by atoms with van der Waals surface area (Å²) in [5, 5.41) is 0. The van der Waals surface area contributed by atoms with Crippen LogP contribution in [-0.2, 0) is 0 Å². The number of hydrogen-bond donors (Lipinski definition) is 0. The van der Waals surface area contributed by atoms with E-state index in [1.807, 2.05) is 116 Å². The summed E-state index contributed by atoms with van der Waals surface area (Å²) in [6.45, 7) is 33.3. The van der Waals surface area contributed by atoms with Crippen LogP contribution in [0.25, 0.3) is 0 Å². The van der Waals surface area contributed by atoms with Crippen molar-refractivity contribution in [1.29, 1.82) is 0 Å². The van der Waals surface area contributed by atoms with Gasteiger partial charge < -0.3 is 0 Å². The molecule has 4 heteroatoms. The normalized spacial score (nSPS) is 8.62. The van der Waals surface area contributed by atoms with Gasteiger partial charge in [-0.1, -0.05) is 155 Å². The molecule has 0 saturated heterocycles. The SMILES string of the molecule is C.CC.CC.CC.CC.CC(C)c1ccccc1.CC(C)c1ccccn1.CC(C)c1ccncc1.CC(C)c1ccncn1. The van der Waals surface area contributed by atoms with Gasteiger partial charge in [-0.15, -0.1) is 0 Å². The predicted octanol–water partition coefficient (Wildman–Crippen LogP) is 13.6. The number of pyridine rings is 2. The maximum atomic E-state index is 4.18. The van der Waals surface area contributed by atoms with Gasteiger partial charge in [0.1, 0.15) is 6.33 Å². The molecule has 0 fully saturated rings. The standard InChI is InChI=1S/C9H12.2C8H11N.C7H10N2.4C2H6.CH4/c1-8(2)9-6-4-3-5-7-9;1-7(2)8-3-5-9-6-4-8;1-7(2)8-5-3-4-6-9-8;1-6(2)7-3-4-8-5-9-7;4*1-2;/h3-8H,1-2H3;2*3-7H,1-2H3;3-6H,1-2H3;4*1-2H3;1H4. The first-order valence-electron chi connectivity index (χ1n) is 16.8. The Kier molecular flexibility index (Phi) is 43.9. The summed E-state index contributed by atoms with van der Waals surface area (Å²) in [4.78, 5) is 16.0. The summed E-state index contributed by atoms with van der Waals surface area (Å²) in [6, 6.07) is 22.5. The summed E-state index contributed by atoms with van der Waals surface area (Å²) >= 11 is 0. The first kappa shape index (κ1) is 51.2. The summed E-state index contributed by atoms with van der Waals surface area (Å²) in [5.74, 6) is 2.33. The Bertz CT molecular complexity index is 844. The quantitative estimate of drug-likeness (QED) is 0.228. The molecule has 0 unspecified atom stereocenters. The first-order chi connectivity index (χ1) is 21.2. The van der Waals surface area contributed by atoms with Crippen molar-refractivity contribution in [3.05, 3.63) is 120 Å². The van der Waals surface area contributed by atoms with Crippen LogP contribution in [0.4, 0.5) is 0 Å². The molecular formula is C41H72N4. The lowest BCUT2D eigenvalue weighted by molar-refractivity contribution is 0.814. The zero-order valence-electron chi connectivity index (χ0n) is 31.3. The molecule has 0 aliphatic rings. The maximum absolute atomic E-state index is 4.18. The molecule has 4 aromatic rings. The van der Waals surface area contributed by atoms with Gasteiger partial charge in [-0.3, -0.25) is 9.97 Å². The van der Waals surface area contributed by atoms with Crippen LogP contribution in [0.2, 0.25) is 0 Å². The maximum Gasteiger partial charge on any atom is 0.115 e. The molecule has 0 bridgehead atoms. The van der Waals surface area contributed by atoms with Crippen LogP contribution in [0, 0.1) is 0 Å². The van der Waals surface area contributed by atoms with Gasteiger partial charge in [-0.05, 0) is 65.1 Å². The van der Waals surface area contributed by atoms with Crippen LogP contribution >= 0.6 is 0 Å². The highest BCUT2D eigenvalue weighted by Gasteiger charge is 1.97. The molecule has 45 heavy (non-hydrogen) atoms. The van der Waals surface area contributed by atoms with Crippen molar-refractivity contribution < 1.29 is 0 Å². The van der Waals surface area contributed by atoms with Crippen LogP contribution in [0.5, 0.6) is 0 Å². The molecule has 0 amide bonds. The Morgan fingerprint density at radius 3 is 1.04 bits per heavy atom. The van der Waals surface area contributed by atoms with Crippen molar-refractivity contribution in [3.8, 4) is 0 Å². The molecule has 0 atom stereocenters. The lowest BCUT2D eigenvalue weighted by Gasteiger charge is -2.01. The smallest absolute Gasteiger partial charge is 0.115 e.